The fourth-order valence-electron chi connectivity index (χ4n) is 1.85. The van der Waals surface area contributed by atoms with Crippen LogP contribution in [0.5, 0.6) is 0 Å². The van der Waals surface area contributed by atoms with Crippen LogP contribution in [0, 0.1) is 5.41 Å². The first-order chi connectivity index (χ1) is 5.20. The van der Waals surface area contributed by atoms with Crippen LogP contribution >= 0.6 is 0 Å². The predicted molar refractivity (Wildman–Crippen MR) is 38.0 cm³/mol. The topological polar surface area (TPSA) is 35.5 Å². The van der Waals surface area contributed by atoms with Crippen LogP contribution in [-0.2, 0) is 14.3 Å². The molecule has 1 saturated carbocycles. The molecule has 0 spiro atoms. The van der Waals surface area contributed by atoms with Crippen LogP contribution < -0.4 is 0 Å². The highest BCUT2D eigenvalue weighted by molar-refractivity contribution is 5.65. The SMILES string of the molecule is CC(=O)OCC12COC(C1)C2. The van der Waals surface area contributed by atoms with Crippen molar-refractivity contribution >= 4 is 5.97 Å². The van der Waals surface area contributed by atoms with E-state index in [1.165, 1.54) is 6.92 Å². The Hall–Kier alpha value is -0.570. The zero-order chi connectivity index (χ0) is 7.90. The van der Waals surface area contributed by atoms with Gasteiger partial charge in [0.15, 0.2) is 0 Å². The lowest BCUT2D eigenvalue weighted by Crippen LogP contribution is -2.37. The minimum atomic E-state index is -0.185. The van der Waals surface area contributed by atoms with E-state index in [1.54, 1.807) is 0 Å². The van der Waals surface area contributed by atoms with Gasteiger partial charge in [0.25, 0.3) is 0 Å². The number of hydrogen-bond acceptors (Lipinski definition) is 3. The fraction of sp³-hybridized carbons (Fsp3) is 0.875. The average Bonchev–Trinajstić information content (AvgIpc) is 2.38. The smallest absolute Gasteiger partial charge is 0.302 e. The number of rotatable bonds is 2. The molecule has 2 bridgehead atoms. The van der Waals surface area contributed by atoms with Crippen LogP contribution in [0.3, 0.4) is 0 Å². The summed E-state index contributed by atoms with van der Waals surface area (Å²) in [6, 6.07) is 0. The Balaban J connectivity index is 1.82. The molecular weight excluding hydrogens is 144 g/mol. The van der Waals surface area contributed by atoms with Gasteiger partial charge in [-0.1, -0.05) is 0 Å². The van der Waals surface area contributed by atoms with Crippen molar-refractivity contribution in [2.24, 2.45) is 5.41 Å². The molecule has 11 heavy (non-hydrogen) atoms. The Morgan fingerprint density at radius 1 is 1.73 bits per heavy atom. The molecule has 2 saturated heterocycles. The molecule has 62 valence electrons. The molecule has 0 aromatic rings. The Morgan fingerprint density at radius 3 is 2.91 bits per heavy atom. The summed E-state index contributed by atoms with van der Waals surface area (Å²) in [5.74, 6) is -0.185. The van der Waals surface area contributed by atoms with Crippen molar-refractivity contribution in [3.63, 3.8) is 0 Å². The van der Waals surface area contributed by atoms with Gasteiger partial charge in [-0.25, -0.2) is 0 Å². The minimum Gasteiger partial charge on any atom is -0.465 e. The van der Waals surface area contributed by atoms with Crippen LogP contribution in [0.4, 0.5) is 0 Å². The maximum absolute atomic E-state index is 10.5. The molecule has 3 aliphatic rings. The molecule has 0 unspecified atom stereocenters. The molecule has 2 aliphatic heterocycles. The van der Waals surface area contributed by atoms with Gasteiger partial charge < -0.3 is 9.47 Å². The maximum atomic E-state index is 10.5. The molecule has 0 radical (unpaired) electrons. The van der Waals surface area contributed by atoms with Gasteiger partial charge in [-0.3, -0.25) is 4.79 Å². The molecule has 2 heterocycles. The first kappa shape index (κ1) is 7.10. The lowest BCUT2D eigenvalue weighted by Gasteiger charge is -2.34. The Bertz CT molecular complexity index is 176. The van der Waals surface area contributed by atoms with E-state index in [0.717, 1.165) is 19.4 Å². The summed E-state index contributed by atoms with van der Waals surface area (Å²) in [6.45, 7) is 2.78. The second-order valence-corrected chi connectivity index (χ2v) is 3.62. The van der Waals surface area contributed by atoms with Gasteiger partial charge >= 0.3 is 5.97 Å². The first-order valence-corrected chi connectivity index (χ1v) is 3.95. The molecule has 3 fully saturated rings. The molecular formula is C8H12O3. The summed E-state index contributed by atoms with van der Waals surface area (Å²) in [6.07, 6.45) is 2.63. The third-order valence-electron chi connectivity index (χ3n) is 2.53. The van der Waals surface area contributed by atoms with E-state index in [1.807, 2.05) is 0 Å². The third-order valence-corrected chi connectivity index (χ3v) is 2.53. The van der Waals surface area contributed by atoms with Gasteiger partial charge in [0.1, 0.15) is 0 Å². The zero-order valence-electron chi connectivity index (χ0n) is 6.63. The van der Waals surface area contributed by atoms with Gasteiger partial charge in [0.05, 0.1) is 19.3 Å². The number of carbonyl (C=O) groups excluding carboxylic acids is 1. The van der Waals surface area contributed by atoms with Crippen LogP contribution in [0.25, 0.3) is 0 Å². The highest BCUT2D eigenvalue weighted by atomic mass is 16.5. The number of hydrogen-bond donors (Lipinski definition) is 0. The van der Waals surface area contributed by atoms with Gasteiger partial charge in [0, 0.05) is 12.3 Å². The standard InChI is InChI=1S/C8H12O3/c1-6(9)10-4-8-2-7(3-8)11-5-8/h7H,2-5H2,1H3. The summed E-state index contributed by atoms with van der Waals surface area (Å²) in [5.41, 5.74) is 0.205. The highest BCUT2D eigenvalue weighted by Crippen LogP contribution is 2.49. The molecule has 3 rings (SSSR count). The molecule has 3 nitrogen and oxygen atoms in total. The summed E-state index contributed by atoms with van der Waals surface area (Å²) in [5, 5.41) is 0. The fourth-order valence-corrected chi connectivity index (χ4v) is 1.85. The van der Waals surface area contributed by atoms with Crippen LogP contribution in [0.1, 0.15) is 19.8 Å². The van der Waals surface area contributed by atoms with Crippen LogP contribution in [-0.4, -0.2) is 25.3 Å². The highest BCUT2D eigenvalue weighted by Gasteiger charge is 2.52. The Morgan fingerprint density at radius 2 is 2.45 bits per heavy atom. The second-order valence-electron chi connectivity index (χ2n) is 3.62. The van der Waals surface area contributed by atoms with Gasteiger partial charge in [-0.05, 0) is 12.8 Å². The number of ether oxygens (including phenoxy) is 2. The molecule has 0 amide bonds. The van der Waals surface area contributed by atoms with Gasteiger partial charge in [-0.15, -0.1) is 0 Å². The molecule has 0 atom stereocenters. The van der Waals surface area contributed by atoms with Crippen molar-refractivity contribution < 1.29 is 14.3 Å². The van der Waals surface area contributed by atoms with E-state index in [4.69, 9.17) is 9.47 Å². The van der Waals surface area contributed by atoms with Crippen molar-refractivity contribution in [1.29, 1.82) is 0 Å². The maximum Gasteiger partial charge on any atom is 0.302 e. The summed E-state index contributed by atoms with van der Waals surface area (Å²) in [4.78, 5) is 10.5. The largest absolute Gasteiger partial charge is 0.465 e. The van der Waals surface area contributed by atoms with Crippen LogP contribution in [0.15, 0.2) is 0 Å². The summed E-state index contributed by atoms with van der Waals surface area (Å²) in [7, 11) is 0. The minimum absolute atomic E-state index is 0.185. The molecule has 1 aliphatic carbocycles. The molecule has 0 N–H and O–H groups in total. The van der Waals surface area contributed by atoms with E-state index < -0.39 is 0 Å². The van der Waals surface area contributed by atoms with Crippen LogP contribution in [0.2, 0.25) is 0 Å². The lowest BCUT2D eigenvalue weighted by molar-refractivity contribution is -0.145. The second kappa shape index (κ2) is 2.21. The zero-order valence-corrected chi connectivity index (χ0v) is 6.63. The predicted octanol–water partition coefficient (Wildman–Crippen LogP) is 0.728. The van der Waals surface area contributed by atoms with E-state index in [0.29, 0.717) is 12.7 Å². The third kappa shape index (κ3) is 1.13. The van der Waals surface area contributed by atoms with Gasteiger partial charge in [0.2, 0.25) is 0 Å². The van der Waals surface area contributed by atoms with E-state index in [9.17, 15) is 4.79 Å². The van der Waals surface area contributed by atoms with Crippen molar-refractivity contribution in [2.45, 2.75) is 25.9 Å². The van der Waals surface area contributed by atoms with Crippen molar-refractivity contribution in [3.05, 3.63) is 0 Å². The average molecular weight is 156 g/mol. The monoisotopic (exact) mass is 156 g/mol. The number of esters is 1. The molecule has 0 aromatic carbocycles. The molecule has 0 aromatic heterocycles. The van der Waals surface area contributed by atoms with E-state index in [2.05, 4.69) is 0 Å². The van der Waals surface area contributed by atoms with E-state index in [-0.39, 0.29) is 11.4 Å². The normalized spacial score (nSPS) is 39.9. The summed E-state index contributed by atoms with van der Waals surface area (Å²) >= 11 is 0. The number of carbonyl (C=O) groups is 1. The number of fused-ring (bicyclic) bond motifs is 1. The van der Waals surface area contributed by atoms with Crippen molar-refractivity contribution in [3.8, 4) is 0 Å². The summed E-state index contributed by atoms with van der Waals surface area (Å²) < 4.78 is 10.3. The van der Waals surface area contributed by atoms with Crippen molar-refractivity contribution in [1.82, 2.24) is 0 Å². The lowest BCUT2D eigenvalue weighted by atomic mass is 9.71. The van der Waals surface area contributed by atoms with E-state index >= 15 is 0 Å². The Labute approximate surface area is 65.7 Å². The molecule has 3 heteroatoms. The van der Waals surface area contributed by atoms with Gasteiger partial charge in [-0.2, -0.15) is 0 Å². The first-order valence-electron chi connectivity index (χ1n) is 3.95. The quantitative estimate of drug-likeness (QED) is 0.553. The van der Waals surface area contributed by atoms with Crippen molar-refractivity contribution in [2.75, 3.05) is 13.2 Å². The Kier molecular flexibility index (Phi) is 1.42.